The standard InChI is InChI=1S/C18H21NO2/c1-3-4-5-12-21-17-10-8-15(9-11-17)18(20)16-7-6-14(2)19-13-16/h6-11,13H,3-5,12H2,1-2H3. The molecule has 0 unspecified atom stereocenters. The Kier molecular flexibility index (Phi) is 5.50. The predicted molar refractivity (Wildman–Crippen MR) is 83.9 cm³/mol. The minimum atomic E-state index is -0.0139. The number of benzene rings is 1. The summed E-state index contributed by atoms with van der Waals surface area (Å²) in [7, 11) is 0. The summed E-state index contributed by atoms with van der Waals surface area (Å²) in [6, 6.07) is 11.0. The molecule has 0 fully saturated rings. The smallest absolute Gasteiger partial charge is 0.194 e. The Morgan fingerprint density at radius 3 is 2.38 bits per heavy atom. The molecule has 2 aromatic rings. The van der Waals surface area contributed by atoms with Crippen LogP contribution < -0.4 is 4.74 Å². The average Bonchev–Trinajstić information content (AvgIpc) is 2.52. The van der Waals surface area contributed by atoms with Gasteiger partial charge in [0.15, 0.2) is 5.78 Å². The molecule has 0 bridgehead atoms. The van der Waals surface area contributed by atoms with Crippen LogP contribution in [0, 0.1) is 6.92 Å². The van der Waals surface area contributed by atoms with E-state index in [2.05, 4.69) is 11.9 Å². The van der Waals surface area contributed by atoms with Crippen molar-refractivity contribution < 1.29 is 9.53 Å². The third-order valence-corrected chi connectivity index (χ3v) is 3.31. The fourth-order valence-corrected chi connectivity index (χ4v) is 2.01. The fraction of sp³-hybridized carbons (Fsp3) is 0.333. The maximum absolute atomic E-state index is 12.3. The number of unbranched alkanes of at least 4 members (excludes halogenated alkanes) is 2. The van der Waals surface area contributed by atoms with E-state index in [-0.39, 0.29) is 5.78 Å². The normalized spacial score (nSPS) is 10.4. The summed E-state index contributed by atoms with van der Waals surface area (Å²) in [6.45, 7) is 4.79. The lowest BCUT2D eigenvalue weighted by Crippen LogP contribution is -2.02. The molecule has 0 amide bonds. The summed E-state index contributed by atoms with van der Waals surface area (Å²) < 4.78 is 5.64. The van der Waals surface area contributed by atoms with Gasteiger partial charge in [-0.25, -0.2) is 0 Å². The summed E-state index contributed by atoms with van der Waals surface area (Å²) in [4.78, 5) is 16.4. The Morgan fingerprint density at radius 1 is 1.05 bits per heavy atom. The summed E-state index contributed by atoms with van der Waals surface area (Å²) in [5, 5.41) is 0. The van der Waals surface area contributed by atoms with Gasteiger partial charge in [0.25, 0.3) is 0 Å². The molecule has 0 atom stereocenters. The van der Waals surface area contributed by atoms with Crippen LogP contribution in [0.5, 0.6) is 5.75 Å². The molecule has 2 rings (SSSR count). The molecule has 1 aromatic heterocycles. The lowest BCUT2D eigenvalue weighted by molar-refractivity contribution is 0.103. The lowest BCUT2D eigenvalue weighted by atomic mass is 10.0. The van der Waals surface area contributed by atoms with E-state index < -0.39 is 0 Å². The maximum atomic E-state index is 12.3. The first kappa shape index (κ1) is 15.2. The van der Waals surface area contributed by atoms with Gasteiger partial charge < -0.3 is 4.74 Å². The highest BCUT2D eigenvalue weighted by atomic mass is 16.5. The quantitative estimate of drug-likeness (QED) is 0.565. The number of ether oxygens (including phenoxy) is 1. The molecule has 0 radical (unpaired) electrons. The molecular weight excluding hydrogens is 262 g/mol. The topological polar surface area (TPSA) is 39.2 Å². The molecule has 3 nitrogen and oxygen atoms in total. The monoisotopic (exact) mass is 283 g/mol. The number of hydrogen-bond donors (Lipinski definition) is 0. The number of pyridine rings is 1. The molecular formula is C18H21NO2. The van der Waals surface area contributed by atoms with Gasteiger partial charge in [-0.3, -0.25) is 9.78 Å². The number of hydrogen-bond acceptors (Lipinski definition) is 3. The molecule has 21 heavy (non-hydrogen) atoms. The highest BCUT2D eigenvalue weighted by Gasteiger charge is 2.09. The zero-order valence-corrected chi connectivity index (χ0v) is 12.6. The van der Waals surface area contributed by atoms with Crippen molar-refractivity contribution in [2.75, 3.05) is 6.61 Å². The van der Waals surface area contributed by atoms with Crippen molar-refractivity contribution in [2.24, 2.45) is 0 Å². The summed E-state index contributed by atoms with van der Waals surface area (Å²) in [6.07, 6.45) is 5.04. The number of carbonyl (C=O) groups excluding carboxylic acids is 1. The number of ketones is 1. The van der Waals surface area contributed by atoms with Crippen molar-refractivity contribution >= 4 is 5.78 Å². The lowest BCUT2D eigenvalue weighted by Gasteiger charge is -2.06. The van der Waals surface area contributed by atoms with Gasteiger partial charge in [-0.15, -0.1) is 0 Å². The second kappa shape index (κ2) is 7.58. The summed E-state index contributed by atoms with van der Waals surface area (Å²) >= 11 is 0. The Morgan fingerprint density at radius 2 is 1.76 bits per heavy atom. The van der Waals surface area contributed by atoms with E-state index in [4.69, 9.17) is 4.74 Å². The van der Waals surface area contributed by atoms with Crippen LogP contribution >= 0.6 is 0 Å². The number of aromatic nitrogens is 1. The predicted octanol–water partition coefficient (Wildman–Crippen LogP) is 4.19. The fourth-order valence-electron chi connectivity index (χ4n) is 2.01. The maximum Gasteiger partial charge on any atom is 0.194 e. The third-order valence-electron chi connectivity index (χ3n) is 3.31. The molecule has 0 saturated carbocycles. The first-order chi connectivity index (χ1) is 10.2. The molecule has 3 heteroatoms. The minimum Gasteiger partial charge on any atom is -0.494 e. The second-order valence-electron chi connectivity index (χ2n) is 5.10. The number of rotatable bonds is 7. The Labute approximate surface area is 126 Å². The van der Waals surface area contributed by atoms with E-state index >= 15 is 0 Å². The van der Waals surface area contributed by atoms with Crippen LogP contribution in [0.2, 0.25) is 0 Å². The molecule has 0 aliphatic carbocycles. The SMILES string of the molecule is CCCCCOc1ccc(C(=O)c2ccc(C)nc2)cc1. The highest BCUT2D eigenvalue weighted by Crippen LogP contribution is 2.16. The molecule has 1 heterocycles. The van der Waals surface area contributed by atoms with Crippen molar-refractivity contribution in [2.45, 2.75) is 33.1 Å². The van der Waals surface area contributed by atoms with Crippen LogP contribution in [-0.4, -0.2) is 17.4 Å². The van der Waals surface area contributed by atoms with E-state index in [1.54, 1.807) is 24.4 Å². The van der Waals surface area contributed by atoms with Crippen LogP contribution in [0.3, 0.4) is 0 Å². The van der Waals surface area contributed by atoms with Crippen molar-refractivity contribution in [3.63, 3.8) is 0 Å². The van der Waals surface area contributed by atoms with Crippen LogP contribution in [0.15, 0.2) is 42.6 Å². The minimum absolute atomic E-state index is 0.0139. The van der Waals surface area contributed by atoms with Crippen molar-refractivity contribution in [1.29, 1.82) is 0 Å². The van der Waals surface area contributed by atoms with E-state index in [0.717, 1.165) is 24.5 Å². The van der Waals surface area contributed by atoms with Gasteiger partial charge in [-0.2, -0.15) is 0 Å². The number of aryl methyl sites for hydroxylation is 1. The number of nitrogens with zero attached hydrogens (tertiary/aromatic N) is 1. The molecule has 1 aromatic carbocycles. The zero-order valence-electron chi connectivity index (χ0n) is 12.6. The van der Waals surface area contributed by atoms with E-state index in [0.29, 0.717) is 11.1 Å². The van der Waals surface area contributed by atoms with Crippen molar-refractivity contribution in [1.82, 2.24) is 4.98 Å². The van der Waals surface area contributed by atoms with E-state index in [1.807, 2.05) is 25.1 Å². The van der Waals surface area contributed by atoms with Gasteiger partial charge in [0, 0.05) is 23.0 Å². The second-order valence-corrected chi connectivity index (χ2v) is 5.10. The van der Waals surface area contributed by atoms with Crippen molar-refractivity contribution in [3.8, 4) is 5.75 Å². The van der Waals surface area contributed by atoms with Gasteiger partial charge in [0.05, 0.1) is 6.61 Å². The third kappa shape index (κ3) is 4.42. The van der Waals surface area contributed by atoms with Crippen LogP contribution in [0.1, 0.15) is 47.8 Å². The Balaban J connectivity index is 1.98. The van der Waals surface area contributed by atoms with E-state index in [9.17, 15) is 4.79 Å². The molecule has 110 valence electrons. The van der Waals surface area contributed by atoms with Crippen molar-refractivity contribution in [3.05, 3.63) is 59.4 Å². The van der Waals surface area contributed by atoms with E-state index in [1.165, 1.54) is 12.8 Å². The summed E-state index contributed by atoms with van der Waals surface area (Å²) in [5.74, 6) is 0.796. The van der Waals surface area contributed by atoms with Crippen LogP contribution in [0.25, 0.3) is 0 Å². The van der Waals surface area contributed by atoms with Gasteiger partial charge in [0.1, 0.15) is 5.75 Å². The Hall–Kier alpha value is -2.16. The van der Waals surface area contributed by atoms with Crippen LogP contribution in [-0.2, 0) is 0 Å². The van der Waals surface area contributed by atoms with Gasteiger partial charge in [0.2, 0.25) is 0 Å². The molecule has 0 spiro atoms. The highest BCUT2D eigenvalue weighted by molar-refractivity contribution is 6.08. The molecule has 0 saturated heterocycles. The first-order valence-corrected chi connectivity index (χ1v) is 7.41. The van der Waals surface area contributed by atoms with Crippen LogP contribution in [0.4, 0.5) is 0 Å². The van der Waals surface area contributed by atoms with Gasteiger partial charge in [-0.05, 0) is 49.7 Å². The molecule has 0 aliphatic heterocycles. The largest absolute Gasteiger partial charge is 0.494 e. The summed E-state index contributed by atoms with van der Waals surface area (Å²) in [5.41, 5.74) is 2.17. The van der Waals surface area contributed by atoms with Gasteiger partial charge in [-0.1, -0.05) is 19.8 Å². The molecule has 0 N–H and O–H groups in total. The average molecular weight is 283 g/mol. The molecule has 0 aliphatic rings. The zero-order chi connectivity index (χ0) is 15.1. The van der Waals surface area contributed by atoms with Gasteiger partial charge >= 0.3 is 0 Å². The first-order valence-electron chi connectivity index (χ1n) is 7.41. The Bertz CT molecular complexity index is 573. The number of carbonyl (C=O) groups is 1.